The molecule has 0 N–H and O–H groups in total. The minimum absolute atomic E-state index is 0.102. The van der Waals surface area contributed by atoms with Gasteiger partial charge in [-0.1, -0.05) is 19.1 Å². The number of methoxy groups -OCH3 is 1. The predicted molar refractivity (Wildman–Crippen MR) is 49.9 cm³/mol. The molecule has 0 aromatic carbocycles. The molecule has 0 atom stereocenters. The second-order valence-corrected chi connectivity index (χ2v) is 2.70. The number of esters is 1. The first kappa shape index (κ1) is 11.2. The molecule has 0 radical (unpaired) electrons. The summed E-state index contributed by atoms with van der Waals surface area (Å²) in [6.07, 6.45) is 9.04. The quantitative estimate of drug-likeness (QED) is 0.348. The van der Waals surface area contributed by atoms with Crippen LogP contribution in [0.2, 0.25) is 0 Å². The lowest BCUT2D eigenvalue weighted by Gasteiger charge is -1.96. The van der Waals surface area contributed by atoms with E-state index >= 15 is 0 Å². The van der Waals surface area contributed by atoms with Crippen LogP contribution in [0.15, 0.2) is 12.2 Å². The van der Waals surface area contributed by atoms with E-state index in [1.165, 1.54) is 7.11 Å². The number of hydrogen-bond acceptors (Lipinski definition) is 2. The van der Waals surface area contributed by atoms with Crippen LogP contribution in [0.5, 0.6) is 0 Å². The molecule has 0 aliphatic rings. The van der Waals surface area contributed by atoms with Gasteiger partial charge >= 0.3 is 5.97 Å². The van der Waals surface area contributed by atoms with E-state index in [9.17, 15) is 4.79 Å². The van der Waals surface area contributed by atoms with E-state index < -0.39 is 0 Å². The maximum atomic E-state index is 10.7. The Kier molecular flexibility index (Phi) is 7.76. The van der Waals surface area contributed by atoms with Crippen molar-refractivity contribution in [3.63, 3.8) is 0 Å². The van der Waals surface area contributed by atoms with Gasteiger partial charge in [0.1, 0.15) is 0 Å². The smallest absolute Gasteiger partial charge is 0.305 e. The molecular formula is C10H18O2. The van der Waals surface area contributed by atoms with Gasteiger partial charge in [-0.2, -0.15) is 0 Å². The second kappa shape index (κ2) is 8.31. The Morgan fingerprint density at radius 3 is 2.67 bits per heavy atom. The lowest BCUT2D eigenvalue weighted by Crippen LogP contribution is -1.98. The maximum absolute atomic E-state index is 10.7. The first-order valence-electron chi connectivity index (χ1n) is 4.53. The fourth-order valence-electron chi connectivity index (χ4n) is 0.918. The Bertz CT molecular complexity index is 139. The molecule has 0 saturated carbocycles. The lowest BCUT2D eigenvalue weighted by atomic mass is 10.2. The molecule has 0 bridgehead atoms. The minimum Gasteiger partial charge on any atom is -0.469 e. The molecule has 2 heteroatoms. The monoisotopic (exact) mass is 170 g/mol. The standard InChI is InChI=1S/C10H18O2/c1-3-4-5-6-7-8-9-10(11)12-2/h4-5H,3,6-9H2,1-2H3. The zero-order valence-electron chi connectivity index (χ0n) is 8.01. The van der Waals surface area contributed by atoms with Gasteiger partial charge in [0.2, 0.25) is 0 Å². The SMILES string of the molecule is CCC=CCCCCC(=O)OC. The summed E-state index contributed by atoms with van der Waals surface area (Å²) < 4.78 is 4.52. The molecule has 0 rings (SSSR count). The summed E-state index contributed by atoms with van der Waals surface area (Å²) in [6, 6.07) is 0. The van der Waals surface area contributed by atoms with Crippen molar-refractivity contribution in [1.29, 1.82) is 0 Å². The molecule has 12 heavy (non-hydrogen) atoms. The van der Waals surface area contributed by atoms with E-state index in [1.807, 2.05) is 0 Å². The molecule has 0 aromatic rings. The van der Waals surface area contributed by atoms with Crippen LogP contribution in [0.25, 0.3) is 0 Å². The average Bonchev–Trinajstić information content (AvgIpc) is 2.10. The first-order chi connectivity index (χ1) is 5.81. The van der Waals surface area contributed by atoms with Crippen molar-refractivity contribution in [2.45, 2.75) is 39.0 Å². The van der Waals surface area contributed by atoms with Crippen molar-refractivity contribution >= 4 is 5.97 Å². The third-order valence-corrected chi connectivity index (χ3v) is 1.63. The van der Waals surface area contributed by atoms with Crippen LogP contribution in [-0.2, 0) is 9.53 Å². The predicted octanol–water partition coefficient (Wildman–Crippen LogP) is 2.69. The minimum atomic E-state index is -0.102. The average molecular weight is 170 g/mol. The summed E-state index contributed by atoms with van der Waals surface area (Å²) in [7, 11) is 1.43. The molecule has 0 fully saturated rings. The molecule has 0 amide bonds. The van der Waals surface area contributed by atoms with Crippen molar-refractivity contribution < 1.29 is 9.53 Å². The van der Waals surface area contributed by atoms with Gasteiger partial charge in [-0.15, -0.1) is 0 Å². The highest BCUT2D eigenvalue weighted by atomic mass is 16.5. The molecule has 0 saturated heterocycles. The van der Waals surface area contributed by atoms with Crippen molar-refractivity contribution in [2.75, 3.05) is 7.11 Å². The molecule has 0 spiro atoms. The van der Waals surface area contributed by atoms with Gasteiger partial charge in [-0.25, -0.2) is 0 Å². The molecule has 0 unspecified atom stereocenters. The summed E-state index contributed by atoms with van der Waals surface area (Å²) in [5, 5.41) is 0. The lowest BCUT2D eigenvalue weighted by molar-refractivity contribution is -0.140. The normalized spacial score (nSPS) is 10.5. The Hall–Kier alpha value is -0.790. The number of unbranched alkanes of at least 4 members (excludes halogenated alkanes) is 2. The van der Waals surface area contributed by atoms with Crippen LogP contribution >= 0.6 is 0 Å². The molecule has 0 heterocycles. The van der Waals surface area contributed by atoms with E-state index in [4.69, 9.17) is 0 Å². The Balaban J connectivity index is 3.10. The van der Waals surface area contributed by atoms with Gasteiger partial charge in [-0.05, 0) is 25.7 Å². The van der Waals surface area contributed by atoms with Gasteiger partial charge in [0.25, 0.3) is 0 Å². The van der Waals surface area contributed by atoms with Crippen LogP contribution in [0.3, 0.4) is 0 Å². The third kappa shape index (κ3) is 7.32. The molecule has 0 aromatic heterocycles. The van der Waals surface area contributed by atoms with Crippen molar-refractivity contribution in [3.05, 3.63) is 12.2 Å². The zero-order chi connectivity index (χ0) is 9.23. The first-order valence-corrected chi connectivity index (χ1v) is 4.53. The van der Waals surface area contributed by atoms with Gasteiger partial charge in [0.15, 0.2) is 0 Å². The molecule has 0 aliphatic carbocycles. The van der Waals surface area contributed by atoms with E-state index in [2.05, 4.69) is 23.8 Å². The third-order valence-electron chi connectivity index (χ3n) is 1.63. The number of carbonyl (C=O) groups is 1. The second-order valence-electron chi connectivity index (χ2n) is 2.70. The van der Waals surface area contributed by atoms with Gasteiger partial charge in [0, 0.05) is 6.42 Å². The fourth-order valence-corrected chi connectivity index (χ4v) is 0.918. The highest BCUT2D eigenvalue weighted by Gasteiger charge is 1.97. The van der Waals surface area contributed by atoms with Gasteiger partial charge < -0.3 is 4.74 Å². The largest absolute Gasteiger partial charge is 0.469 e. The topological polar surface area (TPSA) is 26.3 Å². The van der Waals surface area contributed by atoms with E-state index in [1.54, 1.807) is 0 Å². The number of carbonyl (C=O) groups excluding carboxylic acids is 1. The number of hydrogen-bond donors (Lipinski definition) is 0. The highest BCUT2D eigenvalue weighted by molar-refractivity contribution is 5.68. The summed E-state index contributed by atoms with van der Waals surface area (Å²) in [5.74, 6) is -0.102. The molecular weight excluding hydrogens is 152 g/mol. The molecule has 0 aliphatic heterocycles. The Morgan fingerprint density at radius 1 is 1.33 bits per heavy atom. The van der Waals surface area contributed by atoms with Crippen molar-refractivity contribution in [1.82, 2.24) is 0 Å². The summed E-state index contributed by atoms with van der Waals surface area (Å²) >= 11 is 0. The van der Waals surface area contributed by atoms with Crippen molar-refractivity contribution in [3.8, 4) is 0 Å². The number of allylic oxidation sites excluding steroid dienone is 2. The summed E-state index contributed by atoms with van der Waals surface area (Å²) in [5.41, 5.74) is 0. The van der Waals surface area contributed by atoms with E-state index in [-0.39, 0.29) is 5.97 Å². The van der Waals surface area contributed by atoms with Gasteiger partial charge in [0.05, 0.1) is 7.11 Å². The number of rotatable bonds is 6. The van der Waals surface area contributed by atoms with E-state index in [0.29, 0.717) is 6.42 Å². The number of ether oxygens (including phenoxy) is 1. The molecule has 2 nitrogen and oxygen atoms in total. The Morgan fingerprint density at radius 2 is 2.08 bits per heavy atom. The molecule has 70 valence electrons. The summed E-state index contributed by atoms with van der Waals surface area (Å²) in [4.78, 5) is 10.7. The van der Waals surface area contributed by atoms with E-state index in [0.717, 1.165) is 25.7 Å². The zero-order valence-corrected chi connectivity index (χ0v) is 8.01. The maximum Gasteiger partial charge on any atom is 0.305 e. The van der Waals surface area contributed by atoms with Crippen LogP contribution < -0.4 is 0 Å². The van der Waals surface area contributed by atoms with Crippen LogP contribution in [0.4, 0.5) is 0 Å². The van der Waals surface area contributed by atoms with Gasteiger partial charge in [-0.3, -0.25) is 4.79 Å². The van der Waals surface area contributed by atoms with Crippen LogP contribution in [0, 0.1) is 0 Å². The highest BCUT2D eigenvalue weighted by Crippen LogP contribution is 2.01. The fraction of sp³-hybridized carbons (Fsp3) is 0.700. The summed E-state index contributed by atoms with van der Waals surface area (Å²) in [6.45, 7) is 2.12. The van der Waals surface area contributed by atoms with Crippen LogP contribution in [0.1, 0.15) is 39.0 Å². The Labute approximate surface area is 74.6 Å². The van der Waals surface area contributed by atoms with Crippen LogP contribution in [-0.4, -0.2) is 13.1 Å². The van der Waals surface area contributed by atoms with Crippen molar-refractivity contribution in [2.24, 2.45) is 0 Å².